The van der Waals surface area contributed by atoms with Gasteiger partial charge < -0.3 is 14.8 Å². The molecule has 5 nitrogen and oxygen atoms in total. The number of aliphatic carboxylic acids is 1. The molecule has 2 aromatic rings. The lowest BCUT2D eigenvalue weighted by molar-refractivity contribution is -0.136. The lowest BCUT2D eigenvalue weighted by atomic mass is 10.1. The summed E-state index contributed by atoms with van der Waals surface area (Å²) >= 11 is 0. The molecule has 0 radical (unpaired) electrons. The third-order valence-corrected chi connectivity index (χ3v) is 3.16. The molecule has 1 aromatic carbocycles. The Morgan fingerprint density at radius 3 is 2.48 bits per heavy atom. The van der Waals surface area contributed by atoms with E-state index in [1.165, 1.54) is 6.26 Å². The summed E-state index contributed by atoms with van der Waals surface area (Å²) in [4.78, 5) is 23.0. The first-order chi connectivity index (χ1) is 9.97. The van der Waals surface area contributed by atoms with Crippen LogP contribution in [0.4, 0.5) is 0 Å². The van der Waals surface area contributed by atoms with Gasteiger partial charge in [0, 0.05) is 12.1 Å². The van der Waals surface area contributed by atoms with Crippen molar-refractivity contribution in [2.75, 3.05) is 0 Å². The summed E-state index contributed by atoms with van der Waals surface area (Å²) in [6.07, 6.45) is 1.10. The topological polar surface area (TPSA) is 79.5 Å². The zero-order chi connectivity index (χ0) is 15.4. The molecule has 2 N–H and O–H groups in total. The van der Waals surface area contributed by atoms with Gasteiger partial charge in [0.15, 0.2) is 0 Å². The number of hydrogen-bond acceptors (Lipinski definition) is 3. The first kappa shape index (κ1) is 14.8. The van der Waals surface area contributed by atoms with Crippen molar-refractivity contribution in [3.05, 3.63) is 58.5 Å². The highest BCUT2D eigenvalue weighted by Crippen LogP contribution is 2.17. The minimum Gasteiger partial charge on any atom is -0.481 e. The molecule has 110 valence electrons. The predicted molar refractivity (Wildman–Crippen MR) is 77.1 cm³/mol. The van der Waals surface area contributed by atoms with Crippen molar-refractivity contribution in [2.45, 2.75) is 26.8 Å². The second-order valence-electron chi connectivity index (χ2n) is 4.96. The maximum absolute atomic E-state index is 12.2. The number of rotatable bonds is 5. The third kappa shape index (κ3) is 3.72. The summed E-state index contributed by atoms with van der Waals surface area (Å²) in [5.41, 5.74) is 3.08. The molecule has 1 heterocycles. The van der Waals surface area contributed by atoms with Crippen LogP contribution in [0, 0.1) is 13.8 Å². The van der Waals surface area contributed by atoms with E-state index in [0.717, 1.165) is 11.1 Å². The lowest BCUT2D eigenvalue weighted by Gasteiger charge is -2.06. The average molecular weight is 287 g/mol. The number of carboxylic acids is 1. The van der Waals surface area contributed by atoms with Gasteiger partial charge in [0.05, 0.1) is 11.8 Å². The zero-order valence-electron chi connectivity index (χ0n) is 12.0. The van der Waals surface area contributed by atoms with E-state index in [0.29, 0.717) is 17.7 Å². The van der Waals surface area contributed by atoms with Crippen molar-refractivity contribution in [2.24, 2.45) is 0 Å². The van der Waals surface area contributed by atoms with E-state index >= 15 is 0 Å². The van der Waals surface area contributed by atoms with Gasteiger partial charge in [-0.15, -0.1) is 0 Å². The Hall–Kier alpha value is -2.56. The summed E-state index contributed by atoms with van der Waals surface area (Å²) in [6.45, 7) is 4.10. The number of benzene rings is 1. The van der Waals surface area contributed by atoms with Crippen molar-refractivity contribution >= 4 is 11.9 Å². The molecule has 0 aliphatic carbocycles. The van der Waals surface area contributed by atoms with Crippen LogP contribution in [-0.4, -0.2) is 17.0 Å². The highest BCUT2D eigenvalue weighted by molar-refractivity contribution is 5.97. The van der Waals surface area contributed by atoms with Crippen LogP contribution in [0.3, 0.4) is 0 Å². The van der Waals surface area contributed by atoms with Gasteiger partial charge in [0.1, 0.15) is 12.2 Å². The van der Waals surface area contributed by atoms with Gasteiger partial charge in [0.2, 0.25) is 0 Å². The Morgan fingerprint density at radius 2 is 1.86 bits per heavy atom. The van der Waals surface area contributed by atoms with E-state index < -0.39 is 5.97 Å². The van der Waals surface area contributed by atoms with E-state index in [1.807, 2.05) is 31.2 Å². The zero-order valence-corrected chi connectivity index (χ0v) is 12.0. The highest BCUT2D eigenvalue weighted by Gasteiger charge is 2.20. The second kappa shape index (κ2) is 6.26. The first-order valence-electron chi connectivity index (χ1n) is 6.60. The maximum atomic E-state index is 12.2. The summed E-state index contributed by atoms with van der Waals surface area (Å²) in [5.74, 6) is -1.17. The minimum absolute atomic E-state index is 0.182. The van der Waals surface area contributed by atoms with Crippen LogP contribution in [0.15, 0.2) is 34.9 Å². The van der Waals surface area contributed by atoms with Crippen LogP contribution in [0.25, 0.3) is 0 Å². The van der Waals surface area contributed by atoms with E-state index in [-0.39, 0.29) is 18.1 Å². The Morgan fingerprint density at radius 1 is 1.19 bits per heavy atom. The molecule has 0 fully saturated rings. The molecule has 0 bridgehead atoms. The first-order valence-corrected chi connectivity index (χ1v) is 6.60. The number of carbonyl (C=O) groups is 2. The van der Waals surface area contributed by atoms with Crippen LogP contribution in [0.1, 0.15) is 32.8 Å². The van der Waals surface area contributed by atoms with Crippen molar-refractivity contribution < 1.29 is 19.1 Å². The normalized spacial score (nSPS) is 10.4. The largest absolute Gasteiger partial charge is 0.481 e. The van der Waals surface area contributed by atoms with Gasteiger partial charge in [0.25, 0.3) is 5.91 Å². The van der Waals surface area contributed by atoms with Crippen LogP contribution < -0.4 is 5.32 Å². The van der Waals surface area contributed by atoms with E-state index in [2.05, 4.69) is 5.32 Å². The van der Waals surface area contributed by atoms with Gasteiger partial charge in [-0.2, -0.15) is 0 Å². The second-order valence-corrected chi connectivity index (χ2v) is 4.96. The predicted octanol–water partition coefficient (Wildman–Crippen LogP) is 2.45. The number of carbonyl (C=O) groups excluding carboxylic acids is 1. The molecule has 0 atom stereocenters. The van der Waals surface area contributed by atoms with Crippen LogP contribution in [-0.2, 0) is 17.8 Å². The van der Waals surface area contributed by atoms with Crippen molar-refractivity contribution in [3.63, 3.8) is 0 Å². The van der Waals surface area contributed by atoms with Gasteiger partial charge in [-0.25, -0.2) is 0 Å². The summed E-state index contributed by atoms with van der Waals surface area (Å²) in [7, 11) is 0. The van der Waals surface area contributed by atoms with Gasteiger partial charge in [-0.05, 0) is 19.4 Å². The number of nitrogens with one attached hydrogen (secondary N) is 1. The maximum Gasteiger partial charge on any atom is 0.311 e. The Labute approximate surface area is 122 Å². The molecule has 0 spiro atoms. The molecule has 1 amide bonds. The molecular formula is C16H17NO4. The molecule has 0 aliphatic heterocycles. The minimum atomic E-state index is -1.03. The molecule has 0 saturated heterocycles. The smallest absolute Gasteiger partial charge is 0.311 e. The van der Waals surface area contributed by atoms with Crippen molar-refractivity contribution in [1.29, 1.82) is 0 Å². The number of furan rings is 1. The van der Waals surface area contributed by atoms with Crippen molar-refractivity contribution in [3.8, 4) is 0 Å². The van der Waals surface area contributed by atoms with E-state index in [9.17, 15) is 9.59 Å². The standard InChI is InChI=1S/C16H17NO4/c1-10-3-5-12(6-4-10)8-17-16(20)15-11(2)9-21-13(15)7-14(18)19/h3-6,9H,7-8H2,1-2H3,(H,17,20)(H,18,19). The number of amides is 1. The number of carboxylic acid groups (broad SMARTS) is 1. The van der Waals surface area contributed by atoms with Crippen LogP contribution in [0.2, 0.25) is 0 Å². The molecule has 5 heteroatoms. The number of hydrogen-bond donors (Lipinski definition) is 2. The SMILES string of the molecule is Cc1ccc(CNC(=O)c2c(C)coc2CC(=O)O)cc1. The monoisotopic (exact) mass is 287 g/mol. The Kier molecular flexibility index (Phi) is 4.42. The third-order valence-electron chi connectivity index (χ3n) is 3.16. The molecule has 1 aromatic heterocycles. The lowest BCUT2D eigenvalue weighted by Crippen LogP contribution is -2.24. The summed E-state index contributed by atoms with van der Waals surface area (Å²) < 4.78 is 5.15. The van der Waals surface area contributed by atoms with Crippen LogP contribution in [0.5, 0.6) is 0 Å². The van der Waals surface area contributed by atoms with Gasteiger partial charge in [-0.3, -0.25) is 9.59 Å². The van der Waals surface area contributed by atoms with Crippen LogP contribution >= 0.6 is 0 Å². The van der Waals surface area contributed by atoms with Crippen molar-refractivity contribution in [1.82, 2.24) is 5.32 Å². The number of aryl methyl sites for hydroxylation is 2. The quantitative estimate of drug-likeness (QED) is 0.885. The molecule has 0 aliphatic rings. The molecule has 0 unspecified atom stereocenters. The fraction of sp³-hybridized carbons (Fsp3) is 0.250. The van der Waals surface area contributed by atoms with E-state index in [1.54, 1.807) is 6.92 Å². The molecular weight excluding hydrogens is 270 g/mol. The Bertz CT molecular complexity index is 655. The fourth-order valence-corrected chi connectivity index (χ4v) is 2.05. The van der Waals surface area contributed by atoms with Gasteiger partial charge in [-0.1, -0.05) is 29.8 Å². The summed E-state index contributed by atoms with van der Waals surface area (Å²) in [6, 6.07) is 7.83. The summed E-state index contributed by atoms with van der Waals surface area (Å²) in [5, 5.41) is 11.6. The fourth-order valence-electron chi connectivity index (χ4n) is 2.05. The molecule has 2 rings (SSSR count). The van der Waals surface area contributed by atoms with E-state index in [4.69, 9.17) is 9.52 Å². The Balaban J connectivity index is 2.08. The molecule has 0 saturated carbocycles. The highest BCUT2D eigenvalue weighted by atomic mass is 16.4. The molecule has 21 heavy (non-hydrogen) atoms. The average Bonchev–Trinajstić information content (AvgIpc) is 2.78. The van der Waals surface area contributed by atoms with Gasteiger partial charge >= 0.3 is 5.97 Å².